The van der Waals surface area contributed by atoms with Crippen molar-refractivity contribution in [1.82, 2.24) is 21.3 Å². The molecule has 0 saturated carbocycles. The minimum absolute atomic E-state index is 0.0696. The van der Waals surface area contributed by atoms with E-state index in [9.17, 15) is 20.4 Å². The Morgan fingerprint density at radius 2 is 0.510 bits per heavy atom. The number of nitrogens with one attached hydrogen (secondary N) is 4. The summed E-state index contributed by atoms with van der Waals surface area (Å²) in [7, 11) is -2.71. The molecule has 16 nitrogen and oxygen atoms in total. The minimum Gasteiger partial charge on any atom is -0.535 e. The lowest BCUT2D eigenvalue weighted by Crippen LogP contribution is -2.39. The highest BCUT2D eigenvalue weighted by atomic mass is 16.6. The smallest absolute Gasteiger partial charge is 0.525 e. The van der Waals surface area contributed by atoms with Crippen molar-refractivity contribution in [3.05, 3.63) is 91.0 Å². The van der Waals surface area contributed by atoms with E-state index in [1.807, 2.05) is 0 Å². The van der Waals surface area contributed by atoms with Crippen LogP contribution in [0.25, 0.3) is 0 Å². The van der Waals surface area contributed by atoms with Crippen molar-refractivity contribution in [3.63, 3.8) is 0 Å². The lowest BCUT2D eigenvalue weighted by Gasteiger charge is -2.35. The molecule has 0 saturated heterocycles. The Balaban J connectivity index is 1.58. The lowest BCUT2D eigenvalue weighted by atomic mass is 9.72. The molecular weight excluding hydrogens is 1200 g/mol. The first-order chi connectivity index (χ1) is 45.7. The van der Waals surface area contributed by atoms with E-state index in [1.54, 1.807) is 0 Å². The Bertz CT molecular complexity index is 2830. The number of phenols is 4. The third kappa shape index (κ3) is 16.8. The molecule has 8 bridgehead atoms. The van der Waals surface area contributed by atoms with Crippen molar-refractivity contribution in [1.29, 1.82) is 0 Å². The van der Waals surface area contributed by atoms with Crippen molar-refractivity contribution < 1.29 is 57.7 Å². The van der Waals surface area contributed by atoms with Crippen molar-refractivity contribution in [2.45, 2.75) is 263 Å². The highest BCUT2D eigenvalue weighted by Crippen LogP contribution is 2.58. The molecule has 9 rings (SSSR count). The zero-order valence-electron chi connectivity index (χ0n) is 62.2. The molecule has 20 heteroatoms. The van der Waals surface area contributed by atoms with E-state index in [2.05, 4.69) is 184 Å². The molecule has 0 aromatic heterocycles. The van der Waals surface area contributed by atoms with Crippen LogP contribution < -0.4 is 39.9 Å². The molecule has 0 radical (unpaired) electrons. The van der Waals surface area contributed by atoms with Gasteiger partial charge in [-0.05, 0) is 123 Å². The van der Waals surface area contributed by atoms with Gasteiger partial charge in [-0.3, -0.25) is 0 Å². The van der Waals surface area contributed by atoms with E-state index < -0.39 is 52.1 Å². The molecule has 0 spiro atoms. The van der Waals surface area contributed by atoms with E-state index >= 15 is 0 Å². The molecular formula is C76H120B4N4O12. The van der Waals surface area contributed by atoms with Crippen LogP contribution in [0.3, 0.4) is 0 Å². The van der Waals surface area contributed by atoms with Crippen LogP contribution in [0.15, 0.2) is 24.3 Å². The predicted octanol–water partition coefficient (Wildman–Crippen LogP) is 15.7. The topological polar surface area (TPSA) is 203 Å². The Morgan fingerprint density at radius 1 is 0.323 bits per heavy atom. The summed E-state index contributed by atoms with van der Waals surface area (Å²) in [5, 5.41) is 71.5. The summed E-state index contributed by atoms with van der Waals surface area (Å²) in [6.45, 7) is 46.2. The molecule has 4 heterocycles. The van der Waals surface area contributed by atoms with Crippen molar-refractivity contribution in [3.8, 4) is 46.0 Å². The Kier molecular flexibility index (Phi) is 26.0. The summed E-state index contributed by atoms with van der Waals surface area (Å²) in [6, 6.07) is 8.38. The first-order valence-corrected chi connectivity index (χ1v) is 37.3. The van der Waals surface area contributed by atoms with Gasteiger partial charge in [-0.15, -0.1) is 0 Å². The van der Waals surface area contributed by atoms with E-state index in [0.29, 0.717) is 145 Å². The summed E-state index contributed by atoms with van der Waals surface area (Å²) in [5.41, 5.74) is 8.37. The molecule has 528 valence electrons. The zero-order valence-corrected chi connectivity index (χ0v) is 62.2. The van der Waals surface area contributed by atoms with Crippen LogP contribution in [0.4, 0.5) is 0 Å². The highest BCUT2D eigenvalue weighted by molar-refractivity contribution is 6.46. The molecule has 4 aliphatic heterocycles. The van der Waals surface area contributed by atoms with Gasteiger partial charge in [0.25, 0.3) is 0 Å². The fourth-order valence-electron chi connectivity index (χ4n) is 15.1. The van der Waals surface area contributed by atoms with Crippen LogP contribution in [0.2, 0.25) is 25.3 Å². The number of rotatable bonds is 16. The second kappa shape index (κ2) is 33.1. The molecule has 0 fully saturated rings. The lowest BCUT2D eigenvalue weighted by molar-refractivity contribution is 0.206. The third-order valence-electron chi connectivity index (χ3n) is 21.0. The third-order valence-corrected chi connectivity index (χ3v) is 21.0. The predicted molar refractivity (Wildman–Crippen MR) is 391 cm³/mol. The number of fused-ring (bicyclic) bond motifs is 16. The summed E-state index contributed by atoms with van der Waals surface area (Å²) >= 11 is 0. The fourth-order valence-corrected chi connectivity index (χ4v) is 15.1. The highest BCUT2D eigenvalue weighted by Gasteiger charge is 2.43. The van der Waals surface area contributed by atoms with Gasteiger partial charge in [0, 0.05) is 167 Å². The maximum Gasteiger partial charge on any atom is 0.525 e. The van der Waals surface area contributed by atoms with E-state index in [0.717, 1.165) is 22.3 Å². The summed E-state index contributed by atoms with van der Waals surface area (Å²) in [5.74, 6) is 1.20. The monoisotopic (exact) mass is 1320 g/mol. The van der Waals surface area contributed by atoms with Gasteiger partial charge in [0.15, 0.2) is 0 Å². The quantitative estimate of drug-likeness (QED) is 0.0492. The SMILES string of the molecule is CCB1OC[C@H](C(C)C)NCc2c(O)c3cc(c2O1)C(CC(C)C)c1cc(c2c(c1O)CN[C@@H](C(C)C)COB(CC)O2)C(CC(C)C)c1cc(c2c(c1O)CN[C@@H](C(C)C)COB(CC)O2)C(CC(C)C)c1cc(c2c(c1O)CN[C@@H](C(C)C)COB(CC)O2)C3CC(C)C. The van der Waals surface area contributed by atoms with Crippen LogP contribution >= 0.6 is 0 Å². The first-order valence-electron chi connectivity index (χ1n) is 37.3. The molecule has 4 aromatic carbocycles. The number of hydrogen-bond acceptors (Lipinski definition) is 16. The Morgan fingerprint density at radius 3 is 0.667 bits per heavy atom. The van der Waals surface area contributed by atoms with Crippen LogP contribution in [-0.2, 0) is 44.8 Å². The van der Waals surface area contributed by atoms with Crippen molar-refractivity contribution >= 4 is 28.5 Å². The summed E-state index contributed by atoms with van der Waals surface area (Å²) < 4.78 is 56.7. The van der Waals surface area contributed by atoms with Gasteiger partial charge in [0.05, 0.1) is 0 Å². The van der Waals surface area contributed by atoms with Crippen LogP contribution in [0.5, 0.6) is 46.0 Å². The van der Waals surface area contributed by atoms with E-state index in [-0.39, 0.29) is 121 Å². The molecule has 4 aromatic rings. The van der Waals surface area contributed by atoms with Crippen molar-refractivity contribution in [2.24, 2.45) is 47.3 Å². The normalized spacial score (nSPS) is 23.2. The van der Waals surface area contributed by atoms with Crippen molar-refractivity contribution in [2.75, 3.05) is 26.4 Å². The second-order valence-corrected chi connectivity index (χ2v) is 31.7. The van der Waals surface area contributed by atoms with Gasteiger partial charge in [0.1, 0.15) is 46.0 Å². The van der Waals surface area contributed by atoms with E-state index in [1.165, 1.54) is 0 Å². The van der Waals surface area contributed by atoms with Crippen LogP contribution in [-0.4, -0.2) is 99.5 Å². The number of phenolic OH excluding ortho intramolecular Hbond substituents is 4. The molecule has 1 aliphatic carbocycles. The van der Waals surface area contributed by atoms with E-state index in [4.69, 9.17) is 37.2 Å². The summed E-state index contributed by atoms with van der Waals surface area (Å²) in [6.07, 6.45) is 4.37. The first kappa shape index (κ1) is 75.4. The fraction of sp³-hybridized carbons (Fsp3) is 0.684. The standard InChI is InChI=1S/C76H120B4N4O12/c1-21-77-89-37-65(45(13)14)81-33-61-69(85)53-29-57(73(61)93-77)49(25-41(5)6)54-30-58(74-62(70(54)86)34-82-66(46(15)16)38-90-78(22-2)94-74)51(27-43(9)10)56-32-60(76-64(72(56)88)36-84-68(48(19)20)40-92-80(24-4)96-76)52(28-44(11)12)55-31-59(50(53)26-42(7)8)75-63(71(55)87)35-83-67(47(17)18)39-91-79(23-3)95-75/h29-32,41-52,65-68,81-88H,21-28,33-40H2,1-20H3/t49?,50?,51?,52?,65-,66-,67-,68-/m1/s1. The van der Waals surface area contributed by atoms with Gasteiger partial charge >= 0.3 is 28.5 Å². The Hall–Kier alpha value is -4.78. The van der Waals surface area contributed by atoms with Crippen LogP contribution in [0, 0.1) is 47.3 Å². The van der Waals surface area contributed by atoms with Gasteiger partial charge in [0.2, 0.25) is 0 Å². The molecule has 4 unspecified atom stereocenters. The van der Waals surface area contributed by atoms with Gasteiger partial charge < -0.3 is 78.9 Å². The molecule has 8 N–H and O–H groups in total. The van der Waals surface area contributed by atoms with Gasteiger partial charge in [-0.1, -0.05) is 138 Å². The minimum atomic E-state index is -0.677. The largest absolute Gasteiger partial charge is 0.535 e. The zero-order chi connectivity index (χ0) is 69.7. The molecule has 8 atom stereocenters. The molecule has 5 aliphatic rings. The Labute approximate surface area is 578 Å². The summed E-state index contributed by atoms with van der Waals surface area (Å²) in [4.78, 5) is 0. The number of benzene rings is 4. The number of aromatic hydroxyl groups is 4. The average molecular weight is 1330 g/mol. The van der Waals surface area contributed by atoms with Gasteiger partial charge in [-0.25, -0.2) is 0 Å². The maximum atomic E-state index is 14.0. The second-order valence-electron chi connectivity index (χ2n) is 31.7. The van der Waals surface area contributed by atoms with Crippen LogP contribution in [0.1, 0.15) is 255 Å². The molecule has 0 amide bonds. The maximum absolute atomic E-state index is 14.0. The molecule has 96 heavy (non-hydrogen) atoms. The van der Waals surface area contributed by atoms with Gasteiger partial charge in [-0.2, -0.15) is 0 Å². The average Bonchev–Trinajstić information content (AvgIpc) is 0.831. The number of hydrogen-bond donors (Lipinski definition) is 8.